The molecule has 3 rings (SSSR count). The first-order valence-electron chi connectivity index (χ1n) is 8.80. The van der Waals surface area contributed by atoms with Crippen molar-refractivity contribution < 1.29 is 9.59 Å². The number of nitrogens with zero attached hydrogens (tertiary/aromatic N) is 4. The summed E-state index contributed by atoms with van der Waals surface area (Å²) in [5, 5.41) is 0. The van der Waals surface area contributed by atoms with Crippen molar-refractivity contribution in [3.8, 4) is 0 Å². The van der Waals surface area contributed by atoms with Crippen molar-refractivity contribution in [3.63, 3.8) is 0 Å². The van der Waals surface area contributed by atoms with Gasteiger partial charge in [-0.15, -0.1) is 0 Å². The van der Waals surface area contributed by atoms with Gasteiger partial charge in [0.1, 0.15) is 5.82 Å². The van der Waals surface area contributed by atoms with E-state index in [4.69, 9.17) is 0 Å². The normalized spacial score (nSPS) is 14.2. The maximum Gasteiger partial charge on any atom is 0.254 e. The summed E-state index contributed by atoms with van der Waals surface area (Å²) in [5.41, 5.74) is 1.72. The first-order chi connectivity index (χ1) is 12.5. The van der Waals surface area contributed by atoms with Gasteiger partial charge < -0.3 is 14.7 Å². The number of pyridine rings is 1. The fraction of sp³-hybridized carbons (Fsp3) is 0.350. The summed E-state index contributed by atoms with van der Waals surface area (Å²) in [6, 6.07) is 13.5. The average molecular weight is 352 g/mol. The lowest BCUT2D eigenvalue weighted by atomic mass is 10.2. The van der Waals surface area contributed by atoms with Crippen molar-refractivity contribution in [1.29, 1.82) is 0 Å². The number of carbonyl (C=O) groups excluding carboxylic acids is 2. The summed E-state index contributed by atoms with van der Waals surface area (Å²) in [4.78, 5) is 34.3. The van der Waals surface area contributed by atoms with E-state index in [1.54, 1.807) is 31.1 Å². The maximum absolute atomic E-state index is 12.8. The van der Waals surface area contributed by atoms with Crippen LogP contribution in [0.15, 0.2) is 48.7 Å². The first kappa shape index (κ1) is 17.9. The Kier molecular flexibility index (Phi) is 5.51. The Bertz CT molecular complexity index is 770. The highest BCUT2D eigenvalue weighted by atomic mass is 16.2. The molecule has 0 unspecified atom stereocenters. The molecule has 1 aromatic heterocycles. The molecular weight excluding hydrogens is 328 g/mol. The summed E-state index contributed by atoms with van der Waals surface area (Å²) in [6.45, 7) is 4.98. The van der Waals surface area contributed by atoms with E-state index in [1.807, 2.05) is 41.3 Å². The zero-order chi connectivity index (χ0) is 18.5. The lowest BCUT2D eigenvalue weighted by molar-refractivity contribution is -0.129. The van der Waals surface area contributed by atoms with E-state index in [9.17, 15) is 9.59 Å². The average Bonchev–Trinajstić information content (AvgIpc) is 2.68. The number of anilines is 1. The zero-order valence-electron chi connectivity index (χ0n) is 15.3. The zero-order valence-corrected chi connectivity index (χ0v) is 15.3. The molecule has 0 saturated carbocycles. The summed E-state index contributed by atoms with van der Waals surface area (Å²) < 4.78 is 0. The lowest BCUT2D eigenvalue weighted by Gasteiger charge is -2.35. The highest BCUT2D eigenvalue weighted by molar-refractivity contribution is 5.94. The van der Waals surface area contributed by atoms with Gasteiger partial charge in [-0.05, 0) is 17.7 Å². The van der Waals surface area contributed by atoms with Gasteiger partial charge in [-0.2, -0.15) is 0 Å². The molecule has 6 nitrogen and oxygen atoms in total. The van der Waals surface area contributed by atoms with Gasteiger partial charge in [-0.3, -0.25) is 9.59 Å². The van der Waals surface area contributed by atoms with E-state index in [1.165, 1.54) is 0 Å². The molecular formula is C20H24N4O2. The third-order valence-corrected chi connectivity index (χ3v) is 4.65. The minimum Gasteiger partial charge on any atom is -0.353 e. The fourth-order valence-corrected chi connectivity index (χ4v) is 3.12. The smallest absolute Gasteiger partial charge is 0.254 e. The van der Waals surface area contributed by atoms with Crippen LogP contribution in [0.3, 0.4) is 0 Å². The van der Waals surface area contributed by atoms with Gasteiger partial charge in [0.25, 0.3) is 5.91 Å². The van der Waals surface area contributed by atoms with Crippen LogP contribution in [-0.2, 0) is 11.3 Å². The van der Waals surface area contributed by atoms with Crippen LogP contribution < -0.4 is 4.90 Å². The van der Waals surface area contributed by atoms with E-state index in [2.05, 4.69) is 9.88 Å². The van der Waals surface area contributed by atoms with E-state index in [0.29, 0.717) is 25.2 Å². The van der Waals surface area contributed by atoms with Crippen LogP contribution >= 0.6 is 0 Å². The SMILES string of the molecule is CC(=O)N1CCN(c2cc(C(=O)N(C)Cc3ccccc3)ccn2)CC1. The fourth-order valence-electron chi connectivity index (χ4n) is 3.12. The molecule has 0 radical (unpaired) electrons. The molecule has 26 heavy (non-hydrogen) atoms. The van der Waals surface area contributed by atoms with Gasteiger partial charge in [-0.25, -0.2) is 4.98 Å². The first-order valence-corrected chi connectivity index (χ1v) is 8.80. The van der Waals surface area contributed by atoms with Crippen molar-refractivity contribution in [2.75, 3.05) is 38.1 Å². The molecule has 2 aromatic rings. The van der Waals surface area contributed by atoms with Crippen molar-refractivity contribution in [1.82, 2.24) is 14.8 Å². The largest absolute Gasteiger partial charge is 0.353 e. The quantitative estimate of drug-likeness (QED) is 0.845. The predicted molar refractivity (Wildman–Crippen MR) is 101 cm³/mol. The number of piperazine rings is 1. The minimum atomic E-state index is -0.0279. The number of benzene rings is 1. The number of hydrogen-bond donors (Lipinski definition) is 0. The monoisotopic (exact) mass is 352 g/mol. The van der Waals surface area contributed by atoms with Gasteiger partial charge >= 0.3 is 0 Å². The van der Waals surface area contributed by atoms with Crippen LogP contribution in [0, 0.1) is 0 Å². The molecule has 0 spiro atoms. The topological polar surface area (TPSA) is 56.8 Å². The van der Waals surface area contributed by atoms with Crippen LogP contribution in [0.1, 0.15) is 22.8 Å². The minimum absolute atomic E-state index is 0.0279. The Hall–Kier alpha value is -2.89. The van der Waals surface area contributed by atoms with Crippen molar-refractivity contribution in [2.24, 2.45) is 0 Å². The number of carbonyl (C=O) groups is 2. The van der Waals surface area contributed by atoms with Crippen LogP contribution in [-0.4, -0.2) is 59.8 Å². The molecule has 0 bridgehead atoms. The highest BCUT2D eigenvalue weighted by Gasteiger charge is 2.21. The third kappa shape index (κ3) is 4.20. The summed E-state index contributed by atoms with van der Waals surface area (Å²) in [6.07, 6.45) is 1.68. The van der Waals surface area contributed by atoms with Gasteiger partial charge in [0.15, 0.2) is 0 Å². The Balaban J connectivity index is 1.67. The van der Waals surface area contributed by atoms with Crippen molar-refractivity contribution in [3.05, 3.63) is 59.8 Å². The number of rotatable bonds is 4. The Morgan fingerprint density at radius 3 is 2.42 bits per heavy atom. The molecule has 0 atom stereocenters. The summed E-state index contributed by atoms with van der Waals surface area (Å²) in [5.74, 6) is 0.858. The highest BCUT2D eigenvalue weighted by Crippen LogP contribution is 2.17. The molecule has 136 valence electrons. The summed E-state index contributed by atoms with van der Waals surface area (Å²) >= 11 is 0. The van der Waals surface area contributed by atoms with Gasteiger partial charge in [0, 0.05) is 58.5 Å². The van der Waals surface area contributed by atoms with Crippen LogP contribution in [0.4, 0.5) is 5.82 Å². The molecule has 1 aromatic carbocycles. The molecule has 1 fully saturated rings. The Morgan fingerprint density at radius 2 is 1.77 bits per heavy atom. The van der Waals surface area contributed by atoms with Gasteiger partial charge in [0.2, 0.25) is 5.91 Å². The molecule has 1 saturated heterocycles. The Labute approximate surface area is 154 Å². The van der Waals surface area contributed by atoms with Crippen LogP contribution in [0.25, 0.3) is 0 Å². The standard InChI is InChI=1S/C20H24N4O2/c1-16(25)23-10-12-24(13-11-23)19-14-18(8-9-21-19)20(26)22(2)15-17-6-4-3-5-7-17/h3-9,14H,10-13,15H2,1-2H3. The number of amides is 2. The van der Waals surface area contributed by atoms with E-state index in [0.717, 1.165) is 24.5 Å². The second-order valence-corrected chi connectivity index (χ2v) is 6.54. The van der Waals surface area contributed by atoms with Gasteiger partial charge in [-0.1, -0.05) is 30.3 Å². The maximum atomic E-state index is 12.8. The number of hydrogen-bond acceptors (Lipinski definition) is 4. The van der Waals surface area contributed by atoms with E-state index < -0.39 is 0 Å². The number of aromatic nitrogens is 1. The van der Waals surface area contributed by atoms with Crippen molar-refractivity contribution >= 4 is 17.6 Å². The molecule has 2 amide bonds. The molecule has 6 heteroatoms. The second-order valence-electron chi connectivity index (χ2n) is 6.54. The predicted octanol–water partition coefficient (Wildman–Crippen LogP) is 2.02. The molecule has 0 aliphatic carbocycles. The molecule has 2 heterocycles. The molecule has 0 N–H and O–H groups in total. The van der Waals surface area contributed by atoms with Crippen LogP contribution in [0.2, 0.25) is 0 Å². The second kappa shape index (κ2) is 7.99. The summed E-state index contributed by atoms with van der Waals surface area (Å²) in [7, 11) is 1.81. The lowest BCUT2D eigenvalue weighted by Crippen LogP contribution is -2.48. The molecule has 1 aliphatic rings. The van der Waals surface area contributed by atoms with E-state index in [-0.39, 0.29) is 11.8 Å². The Morgan fingerprint density at radius 1 is 1.08 bits per heavy atom. The van der Waals surface area contributed by atoms with Gasteiger partial charge in [0.05, 0.1) is 0 Å². The van der Waals surface area contributed by atoms with E-state index >= 15 is 0 Å². The van der Waals surface area contributed by atoms with Crippen molar-refractivity contribution in [2.45, 2.75) is 13.5 Å². The third-order valence-electron chi connectivity index (χ3n) is 4.65. The molecule has 1 aliphatic heterocycles. The van der Waals surface area contributed by atoms with Crippen LogP contribution in [0.5, 0.6) is 0 Å².